The van der Waals surface area contributed by atoms with E-state index in [0.717, 1.165) is 0 Å². The molecule has 0 saturated heterocycles. The predicted molar refractivity (Wildman–Crippen MR) is 158 cm³/mol. The Balaban J connectivity index is 1.78. The average Bonchev–Trinajstić information content (AvgIpc) is 3.46. The summed E-state index contributed by atoms with van der Waals surface area (Å²) in [5, 5.41) is 10.1. The highest BCUT2D eigenvalue weighted by atomic mass is 35.5. The van der Waals surface area contributed by atoms with Crippen LogP contribution in [-0.4, -0.2) is 36.8 Å². The zero-order valence-electron chi connectivity index (χ0n) is 22.4. The molecule has 0 radical (unpaired) electrons. The fourth-order valence-corrected chi connectivity index (χ4v) is 6.53. The second kappa shape index (κ2) is 12.8. The molecule has 1 amide bonds. The number of hydrogen-bond donors (Lipinski definition) is 1. The van der Waals surface area contributed by atoms with Crippen molar-refractivity contribution >= 4 is 50.8 Å². The SMILES string of the molecule is CCc1cc(S(=O)(=O)N(CC)c2ccc(Cl)cc2CN(Cc2ccco2)C(=O)c2ccccc2Cl)ccc1C(=O)O. The highest BCUT2D eigenvalue weighted by Gasteiger charge is 2.29. The monoisotopic (exact) mass is 614 g/mol. The zero-order valence-corrected chi connectivity index (χ0v) is 24.7. The highest BCUT2D eigenvalue weighted by molar-refractivity contribution is 7.92. The molecule has 4 aromatic rings. The number of halogens is 2. The summed E-state index contributed by atoms with van der Waals surface area (Å²) in [6.07, 6.45) is 1.85. The summed E-state index contributed by atoms with van der Waals surface area (Å²) >= 11 is 12.7. The number of amides is 1. The molecule has 0 bridgehead atoms. The number of furan rings is 1. The van der Waals surface area contributed by atoms with E-state index in [9.17, 15) is 23.1 Å². The molecule has 11 heteroatoms. The Labute approximate surface area is 248 Å². The van der Waals surface area contributed by atoms with Crippen LogP contribution in [0.5, 0.6) is 0 Å². The summed E-state index contributed by atoms with van der Waals surface area (Å²) in [6.45, 7) is 3.60. The minimum atomic E-state index is -4.13. The number of carbonyl (C=O) groups excluding carboxylic acids is 1. The van der Waals surface area contributed by atoms with Crippen LogP contribution in [0.25, 0.3) is 0 Å². The van der Waals surface area contributed by atoms with Crippen molar-refractivity contribution in [2.75, 3.05) is 10.8 Å². The van der Waals surface area contributed by atoms with Crippen molar-refractivity contribution in [3.05, 3.63) is 117 Å². The van der Waals surface area contributed by atoms with E-state index in [1.165, 1.54) is 33.7 Å². The van der Waals surface area contributed by atoms with Crippen LogP contribution in [0.4, 0.5) is 5.69 Å². The summed E-state index contributed by atoms with van der Waals surface area (Å²) in [6, 6.07) is 18.9. The average molecular weight is 616 g/mol. The number of sulfonamides is 1. The van der Waals surface area contributed by atoms with Gasteiger partial charge in [0.25, 0.3) is 15.9 Å². The Morgan fingerprint density at radius 3 is 2.27 bits per heavy atom. The van der Waals surface area contributed by atoms with Crippen molar-refractivity contribution in [3.63, 3.8) is 0 Å². The number of anilines is 1. The first-order valence-electron chi connectivity index (χ1n) is 12.8. The van der Waals surface area contributed by atoms with E-state index in [-0.39, 0.29) is 46.6 Å². The molecule has 0 unspecified atom stereocenters. The van der Waals surface area contributed by atoms with Crippen LogP contribution in [0.3, 0.4) is 0 Å². The number of aromatic carboxylic acids is 1. The van der Waals surface area contributed by atoms with E-state index in [1.54, 1.807) is 68.4 Å². The predicted octanol–water partition coefficient (Wildman–Crippen LogP) is 6.90. The first-order chi connectivity index (χ1) is 19.6. The molecule has 0 fully saturated rings. The molecule has 41 heavy (non-hydrogen) atoms. The van der Waals surface area contributed by atoms with Crippen LogP contribution in [0.15, 0.2) is 88.4 Å². The Morgan fingerprint density at radius 2 is 1.63 bits per heavy atom. The zero-order chi connectivity index (χ0) is 29.7. The van der Waals surface area contributed by atoms with Crippen molar-refractivity contribution in [2.24, 2.45) is 0 Å². The topological polar surface area (TPSA) is 108 Å². The van der Waals surface area contributed by atoms with E-state index in [4.69, 9.17) is 27.6 Å². The van der Waals surface area contributed by atoms with Crippen LogP contribution >= 0.6 is 23.2 Å². The molecule has 0 aliphatic heterocycles. The Bertz CT molecular complexity index is 1670. The molecule has 1 heterocycles. The van der Waals surface area contributed by atoms with E-state index in [1.807, 2.05) is 0 Å². The number of hydrogen-bond acceptors (Lipinski definition) is 5. The molecular weight excluding hydrogens is 587 g/mol. The maximum absolute atomic E-state index is 13.9. The van der Waals surface area contributed by atoms with Crippen LogP contribution < -0.4 is 4.31 Å². The second-order valence-electron chi connectivity index (χ2n) is 9.14. The van der Waals surface area contributed by atoms with E-state index in [2.05, 4.69) is 0 Å². The lowest BCUT2D eigenvalue weighted by Crippen LogP contribution is -2.34. The third-order valence-electron chi connectivity index (χ3n) is 6.55. The van der Waals surface area contributed by atoms with Gasteiger partial charge in [0.1, 0.15) is 5.76 Å². The van der Waals surface area contributed by atoms with Crippen molar-refractivity contribution in [1.82, 2.24) is 4.90 Å². The molecular formula is C30H28Cl2N2O6S. The summed E-state index contributed by atoms with van der Waals surface area (Å²) in [5.74, 6) is -0.974. The lowest BCUT2D eigenvalue weighted by Gasteiger charge is -2.29. The van der Waals surface area contributed by atoms with E-state index < -0.39 is 16.0 Å². The van der Waals surface area contributed by atoms with Gasteiger partial charge < -0.3 is 14.4 Å². The first-order valence-corrected chi connectivity index (χ1v) is 15.0. The number of benzene rings is 3. The largest absolute Gasteiger partial charge is 0.478 e. The lowest BCUT2D eigenvalue weighted by molar-refractivity contribution is 0.0693. The van der Waals surface area contributed by atoms with Gasteiger partial charge in [0, 0.05) is 18.1 Å². The molecule has 0 aliphatic carbocycles. The number of carbonyl (C=O) groups is 2. The molecule has 0 spiro atoms. The molecule has 214 valence electrons. The van der Waals surface area contributed by atoms with Gasteiger partial charge in [-0.1, -0.05) is 42.3 Å². The third kappa shape index (κ3) is 6.59. The van der Waals surface area contributed by atoms with Gasteiger partial charge in [0.2, 0.25) is 0 Å². The van der Waals surface area contributed by atoms with E-state index >= 15 is 0 Å². The fourth-order valence-electron chi connectivity index (χ4n) is 4.55. The number of rotatable bonds is 11. The number of carboxylic acids is 1. The minimum Gasteiger partial charge on any atom is -0.478 e. The van der Waals surface area contributed by atoms with Gasteiger partial charge in [0.15, 0.2) is 0 Å². The van der Waals surface area contributed by atoms with Crippen LogP contribution in [0, 0.1) is 0 Å². The number of aryl methyl sites for hydroxylation is 1. The third-order valence-corrected chi connectivity index (χ3v) is 9.00. The van der Waals surface area contributed by atoms with Crippen molar-refractivity contribution in [3.8, 4) is 0 Å². The summed E-state index contributed by atoms with van der Waals surface area (Å²) in [7, 11) is -4.13. The van der Waals surface area contributed by atoms with Gasteiger partial charge in [-0.25, -0.2) is 13.2 Å². The molecule has 0 atom stereocenters. The van der Waals surface area contributed by atoms with Gasteiger partial charge in [-0.05, 0) is 85.1 Å². The highest BCUT2D eigenvalue weighted by Crippen LogP contribution is 2.32. The Morgan fingerprint density at radius 1 is 0.878 bits per heavy atom. The lowest BCUT2D eigenvalue weighted by atomic mass is 10.1. The standard InChI is InChI=1S/C30H28Cl2N2O6S/c1-3-20-17-24(12-13-25(20)30(36)37)41(38,39)34(4-2)28-14-11-22(31)16-21(28)18-33(19-23-8-7-15-40-23)29(35)26-9-5-6-10-27(26)32/h5-17H,3-4,18-19H2,1-2H3,(H,36,37). The van der Waals surface area contributed by atoms with Crippen LogP contribution in [0.1, 0.15) is 51.5 Å². The molecule has 1 N–H and O–H groups in total. The second-order valence-corrected chi connectivity index (χ2v) is 11.8. The number of carboxylic acid groups (broad SMARTS) is 1. The molecule has 8 nitrogen and oxygen atoms in total. The summed E-state index contributed by atoms with van der Waals surface area (Å²) in [4.78, 5) is 26.8. The summed E-state index contributed by atoms with van der Waals surface area (Å²) in [5.41, 5.74) is 1.55. The molecule has 0 saturated carbocycles. The van der Waals surface area contributed by atoms with Gasteiger partial charge in [-0.15, -0.1) is 0 Å². The van der Waals surface area contributed by atoms with Crippen LogP contribution in [0.2, 0.25) is 10.0 Å². The van der Waals surface area contributed by atoms with Crippen LogP contribution in [-0.2, 0) is 29.5 Å². The molecule has 0 aliphatic rings. The molecule has 4 rings (SSSR count). The van der Waals surface area contributed by atoms with Crippen molar-refractivity contribution in [1.29, 1.82) is 0 Å². The Hall–Kier alpha value is -3.79. The van der Waals surface area contributed by atoms with Gasteiger partial charge >= 0.3 is 5.97 Å². The quantitative estimate of drug-likeness (QED) is 0.197. The van der Waals surface area contributed by atoms with E-state index in [0.29, 0.717) is 34.0 Å². The molecule has 1 aromatic heterocycles. The fraction of sp³-hybridized carbons (Fsp3) is 0.200. The van der Waals surface area contributed by atoms with Crippen molar-refractivity contribution < 1.29 is 27.5 Å². The normalized spacial score (nSPS) is 11.3. The maximum Gasteiger partial charge on any atom is 0.335 e. The smallest absolute Gasteiger partial charge is 0.335 e. The molecule has 3 aromatic carbocycles. The number of nitrogens with zero attached hydrogens (tertiary/aromatic N) is 2. The van der Waals surface area contributed by atoms with Gasteiger partial charge in [-0.2, -0.15) is 0 Å². The van der Waals surface area contributed by atoms with Crippen molar-refractivity contribution in [2.45, 2.75) is 38.3 Å². The first kappa shape index (κ1) is 30.2. The van der Waals surface area contributed by atoms with Gasteiger partial charge in [0.05, 0.1) is 39.5 Å². The Kier molecular flexibility index (Phi) is 9.42. The van der Waals surface area contributed by atoms with Gasteiger partial charge in [-0.3, -0.25) is 9.10 Å². The summed E-state index contributed by atoms with van der Waals surface area (Å²) < 4.78 is 34.6. The minimum absolute atomic E-state index is 0.00910. The maximum atomic E-state index is 13.9.